The molecule has 10 heteroatoms. The van der Waals surface area contributed by atoms with Gasteiger partial charge in [0.1, 0.15) is 18.4 Å². The number of ether oxygens (including phenoxy) is 1. The number of piperazine rings is 1. The van der Waals surface area contributed by atoms with E-state index in [1.807, 2.05) is 31.2 Å². The normalized spacial score (nSPS) is 19.4. The van der Waals surface area contributed by atoms with Crippen LogP contribution in [0.15, 0.2) is 53.4 Å². The van der Waals surface area contributed by atoms with E-state index in [0.29, 0.717) is 12.4 Å². The van der Waals surface area contributed by atoms with E-state index >= 15 is 0 Å². The number of hydrogen-bond acceptors (Lipinski definition) is 6. The fourth-order valence-electron chi connectivity index (χ4n) is 3.87. The van der Waals surface area contributed by atoms with Gasteiger partial charge in [-0.3, -0.25) is 14.8 Å². The SMILES string of the molecule is CC(=O)N1CCN(S(=O)(=O)c2ccc(OCc3ccccc3C)cc2)[C@@H](C(=O)NO)C1C. The van der Waals surface area contributed by atoms with Crippen LogP contribution in [0.5, 0.6) is 5.75 Å². The molecule has 0 spiro atoms. The number of amides is 2. The lowest BCUT2D eigenvalue weighted by Crippen LogP contribution is -2.65. The third-order valence-electron chi connectivity index (χ3n) is 5.69. The maximum atomic E-state index is 13.3. The summed E-state index contributed by atoms with van der Waals surface area (Å²) in [5.41, 5.74) is 3.64. The van der Waals surface area contributed by atoms with Crippen LogP contribution in [0.1, 0.15) is 25.0 Å². The summed E-state index contributed by atoms with van der Waals surface area (Å²) in [6.07, 6.45) is 0. The minimum absolute atomic E-state index is 0.0139. The summed E-state index contributed by atoms with van der Waals surface area (Å²) in [6.45, 7) is 5.33. The van der Waals surface area contributed by atoms with E-state index in [0.717, 1.165) is 15.4 Å². The molecule has 3 rings (SSSR count). The molecule has 1 unspecified atom stereocenters. The Hall–Kier alpha value is -2.95. The van der Waals surface area contributed by atoms with Gasteiger partial charge in [-0.15, -0.1) is 0 Å². The van der Waals surface area contributed by atoms with Gasteiger partial charge in [0.15, 0.2) is 0 Å². The van der Waals surface area contributed by atoms with Crippen LogP contribution in [0.3, 0.4) is 0 Å². The van der Waals surface area contributed by atoms with Crippen LogP contribution in [0.2, 0.25) is 0 Å². The Bertz CT molecular complexity index is 1090. The van der Waals surface area contributed by atoms with Crippen molar-refractivity contribution in [3.63, 3.8) is 0 Å². The zero-order valence-electron chi connectivity index (χ0n) is 18.2. The topological polar surface area (TPSA) is 116 Å². The molecule has 0 bridgehead atoms. The van der Waals surface area contributed by atoms with E-state index in [9.17, 15) is 18.0 Å². The number of nitrogens with zero attached hydrogens (tertiary/aromatic N) is 2. The van der Waals surface area contributed by atoms with Crippen LogP contribution < -0.4 is 10.2 Å². The molecule has 2 amide bonds. The smallest absolute Gasteiger partial charge is 0.263 e. The first-order chi connectivity index (χ1) is 15.2. The molecule has 2 atom stereocenters. The Morgan fingerprint density at radius 1 is 1.12 bits per heavy atom. The van der Waals surface area contributed by atoms with Crippen molar-refractivity contribution in [3.8, 4) is 5.75 Å². The molecule has 172 valence electrons. The molecule has 1 aliphatic rings. The van der Waals surface area contributed by atoms with Crippen molar-refractivity contribution < 1.29 is 28.0 Å². The average Bonchev–Trinajstić information content (AvgIpc) is 2.77. The number of sulfonamides is 1. The van der Waals surface area contributed by atoms with E-state index < -0.39 is 28.0 Å². The lowest BCUT2D eigenvalue weighted by Gasteiger charge is -2.43. The number of nitrogens with one attached hydrogen (secondary N) is 1. The molecule has 1 saturated heterocycles. The highest BCUT2D eigenvalue weighted by molar-refractivity contribution is 7.89. The van der Waals surface area contributed by atoms with Gasteiger partial charge in [0.25, 0.3) is 5.91 Å². The van der Waals surface area contributed by atoms with Gasteiger partial charge in [-0.25, -0.2) is 13.9 Å². The minimum atomic E-state index is -4.07. The van der Waals surface area contributed by atoms with Crippen molar-refractivity contribution in [2.45, 2.75) is 44.4 Å². The van der Waals surface area contributed by atoms with Gasteiger partial charge >= 0.3 is 0 Å². The van der Waals surface area contributed by atoms with Gasteiger partial charge in [-0.2, -0.15) is 4.31 Å². The van der Waals surface area contributed by atoms with Gasteiger partial charge < -0.3 is 9.64 Å². The molecule has 2 N–H and O–H groups in total. The first kappa shape index (κ1) is 23.7. The Morgan fingerprint density at radius 2 is 1.78 bits per heavy atom. The van der Waals surface area contributed by atoms with Crippen LogP contribution in [0.25, 0.3) is 0 Å². The molecule has 2 aromatic carbocycles. The van der Waals surface area contributed by atoms with Gasteiger partial charge in [-0.1, -0.05) is 24.3 Å². The Morgan fingerprint density at radius 3 is 2.38 bits per heavy atom. The maximum absolute atomic E-state index is 13.3. The number of hydroxylamine groups is 1. The van der Waals surface area contributed by atoms with Crippen molar-refractivity contribution in [2.24, 2.45) is 0 Å². The second kappa shape index (κ2) is 9.68. The van der Waals surface area contributed by atoms with Crippen LogP contribution >= 0.6 is 0 Å². The number of hydrogen-bond donors (Lipinski definition) is 2. The largest absolute Gasteiger partial charge is 0.489 e. The fourth-order valence-corrected chi connectivity index (χ4v) is 5.51. The van der Waals surface area contributed by atoms with Crippen LogP contribution in [0, 0.1) is 6.92 Å². The predicted molar refractivity (Wildman–Crippen MR) is 116 cm³/mol. The number of benzene rings is 2. The summed E-state index contributed by atoms with van der Waals surface area (Å²) in [7, 11) is -4.07. The van der Waals surface area contributed by atoms with Crippen LogP contribution in [0.4, 0.5) is 0 Å². The molecule has 1 heterocycles. The van der Waals surface area contributed by atoms with E-state index in [1.54, 1.807) is 19.1 Å². The molecule has 1 aliphatic heterocycles. The van der Waals surface area contributed by atoms with E-state index in [4.69, 9.17) is 9.94 Å². The molecule has 0 radical (unpaired) electrons. The summed E-state index contributed by atoms with van der Waals surface area (Å²) in [4.78, 5) is 25.6. The zero-order valence-corrected chi connectivity index (χ0v) is 19.0. The molecule has 0 saturated carbocycles. The second-order valence-corrected chi connectivity index (χ2v) is 9.57. The lowest BCUT2D eigenvalue weighted by molar-refractivity contribution is -0.142. The molecular formula is C22H27N3O6S. The molecule has 1 fully saturated rings. The summed E-state index contributed by atoms with van der Waals surface area (Å²) in [5, 5.41) is 9.15. The van der Waals surface area contributed by atoms with Crippen molar-refractivity contribution in [3.05, 3.63) is 59.7 Å². The quantitative estimate of drug-likeness (QED) is 0.500. The van der Waals surface area contributed by atoms with Crippen molar-refractivity contribution in [1.29, 1.82) is 0 Å². The van der Waals surface area contributed by atoms with E-state index in [2.05, 4.69) is 0 Å². The number of carbonyl (C=O) groups excluding carboxylic acids is 2. The van der Waals surface area contributed by atoms with Crippen LogP contribution in [-0.2, 0) is 26.2 Å². The lowest BCUT2D eigenvalue weighted by atomic mass is 10.0. The summed E-state index contributed by atoms with van der Waals surface area (Å²) in [5.74, 6) is -0.669. The summed E-state index contributed by atoms with van der Waals surface area (Å²) >= 11 is 0. The molecular weight excluding hydrogens is 434 g/mol. The van der Waals surface area contributed by atoms with Crippen molar-refractivity contribution in [2.75, 3.05) is 13.1 Å². The zero-order chi connectivity index (χ0) is 23.5. The summed E-state index contributed by atoms with van der Waals surface area (Å²) in [6, 6.07) is 11.7. The highest BCUT2D eigenvalue weighted by atomic mass is 32.2. The highest BCUT2D eigenvalue weighted by Crippen LogP contribution is 2.27. The highest BCUT2D eigenvalue weighted by Gasteiger charge is 2.45. The summed E-state index contributed by atoms with van der Waals surface area (Å²) < 4.78 is 33.4. The third-order valence-corrected chi connectivity index (χ3v) is 7.58. The Balaban J connectivity index is 1.80. The molecule has 0 aromatic heterocycles. The monoisotopic (exact) mass is 461 g/mol. The molecule has 32 heavy (non-hydrogen) atoms. The van der Waals surface area contributed by atoms with Gasteiger partial charge in [0.05, 0.1) is 10.9 Å². The third kappa shape index (κ3) is 4.77. The fraction of sp³-hybridized carbons (Fsp3) is 0.364. The van der Waals surface area contributed by atoms with Gasteiger partial charge in [-0.05, 0) is 49.2 Å². The van der Waals surface area contributed by atoms with Crippen molar-refractivity contribution in [1.82, 2.24) is 14.7 Å². The Labute approximate surface area is 187 Å². The first-order valence-corrected chi connectivity index (χ1v) is 11.6. The number of rotatable bonds is 6. The predicted octanol–water partition coefficient (Wildman–Crippen LogP) is 1.69. The maximum Gasteiger partial charge on any atom is 0.263 e. The van der Waals surface area contributed by atoms with E-state index in [-0.39, 0.29) is 23.9 Å². The molecule has 9 nitrogen and oxygen atoms in total. The van der Waals surface area contributed by atoms with Crippen LogP contribution in [-0.4, -0.2) is 59.8 Å². The molecule has 2 aromatic rings. The standard InChI is InChI=1S/C22H27N3O6S/c1-15-6-4-5-7-18(15)14-31-19-8-10-20(11-9-19)32(29,30)25-13-12-24(17(3)26)16(2)21(25)22(27)23-28/h4-11,16,21,28H,12-14H2,1-3H3,(H,23,27)/t16?,21-/m1/s1. The number of aryl methyl sites for hydroxylation is 1. The second-order valence-electron chi connectivity index (χ2n) is 7.68. The average molecular weight is 462 g/mol. The minimum Gasteiger partial charge on any atom is -0.489 e. The molecule has 0 aliphatic carbocycles. The first-order valence-electron chi connectivity index (χ1n) is 10.2. The Kier molecular flexibility index (Phi) is 7.17. The van der Waals surface area contributed by atoms with Gasteiger partial charge in [0.2, 0.25) is 15.9 Å². The van der Waals surface area contributed by atoms with Crippen molar-refractivity contribution >= 4 is 21.8 Å². The van der Waals surface area contributed by atoms with E-state index in [1.165, 1.54) is 29.4 Å². The van der Waals surface area contributed by atoms with Gasteiger partial charge in [0, 0.05) is 20.0 Å². The number of carbonyl (C=O) groups is 2.